The molecule has 1 heterocycles. The molecule has 1 fully saturated rings. The van der Waals surface area contributed by atoms with Crippen LogP contribution in [-0.2, 0) is 0 Å². The van der Waals surface area contributed by atoms with Crippen LogP contribution in [0.4, 0.5) is 0 Å². The Morgan fingerprint density at radius 2 is 2.20 bits per heavy atom. The molecule has 0 atom stereocenters. The van der Waals surface area contributed by atoms with Gasteiger partial charge >= 0.3 is 0 Å². The molecule has 0 bridgehead atoms. The predicted octanol–water partition coefficient (Wildman–Crippen LogP) is 3.76. The number of halogens is 1. The van der Waals surface area contributed by atoms with Crippen molar-refractivity contribution in [3.05, 3.63) is 17.0 Å². The van der Waals surface area contributed by atoms with Crippen molar-refractivity contribution in [1.29, 1.82) is 0 Å². The summed E-state index contributed by atoms with van der Waals surface area (Å²) < 4.78 is 0. The zero-order valence-corrected chi connectivity index (χ0v) is 10.6. The number of nitrogens with zero attached hydrogens (tertiary/aromatic N) is 2. The van der Waals surface area contributed by atoms with Crippen molar-refractivity contribution >= 4 is 23.4 Å². The topological polar surface area (TPSA) is 25.8 Å². The largest absolute Gasteiger partial charge is 0.226 e. The molecule has 0 unspecified atom stereocenters. The summed E-state index contributed by atoms with van der Waals surface area (Å²) in [5.41, 5.74) is 0. The first kappa shape index (κ1) is 11.2. The molecule has 1 aliphatic rings. The van der Waals surface area contributed by atoms with E-state index in [1.165, 1.54) is 12.8 Å². The Bertz CT molecular complexity index is 350. The standard InChI is InChI=1S/C11H15ClN2S/c1-7(2)6-15-10-5-9(12)13-11(14-10)8-3-4-8/h5,7-8H,3-4,6H2,1-2H3. The van der Waals surface area contributed by atoms with Gasteiger partial charge in [-0.3, -0.25) is 0 Å². The molecular weight excluding hydrogens is 228 g/mol. The molecule has 2 nitrogen and oxygen atoms in total. The SMILES string of the molecule is CC(C)CSc1cc(Cl)nc(C2CC2)n1. The minimum atomic E-state index is 0.571. The Balaban J connectivity index is 2.09. The summed E-state index contributed by atoms with van der Waals surface area (Å²) in [5, 5.41) is 1.60. The fraction of sp³-hybridized carbons (Fsp3) is 0.636. The molecule has 1 aromatic heterocycles. The highest BCUT2D eigenvalue weighted by atomic mass is 35.5. The molecule has 82 valence electrons. The predicted molar refractivity (Wildman–Crippen MR) is 64.6 cm³/mol. The molecule has 4 heteroatoms. The Hall–Kier alpha value is -0.280. The van der Waals surface area contributed by atoms with Gasteiger partial charge in [0.15, 0.2) is 0 Å². The van der Waals surface area contributed by atoms with Crippen molar-refractivity contribution in [2.45, 2.75) is 37.6 Å². The zero-order chi connectivity index (χ0) is 10.8. The van der Waals surface area contributed by atoms with Gasteiger partial charge in [0.25, 0.3) is 0 Å². The number of hydrogen-bond acceptors (Lipinski definition) is 3. The minimum Gasteiger partial charge on any atom is -0.226 e. The van der Waals surface area contributed by atoms with Crippen molar-refractivity contribution in [2.24, 2.45) is 5.92 Å². The van der Waals surface area contributed by atoms with E-state index >= 15 is 0 Å². The van der Waals surface area contributed by atoms with Crippen LogP contribution in [0.1, 0.15) is 38.4 Å². The first-order valence-corrected chi connectivity index (χ1v) is 6.69. The van der Waals surface area contributed by atoms with Crippen molar-refractivity contribution in [1.82, 2.24) is 9.97 Å². The molecule has 2 rings (SSSR count). The summed E-state index contributed by atoms with van der Waals surface area (Å²) in [4.78, 5) is 8.80. The van der Waals surface area contributed by atoms with Gasteiger partial charge in [0.05, 0.1) is 0 Å². The molecule has 0 saturated heterocycles. The van der Waals surface area contributed by atoms with Crippen LogP contribution in [0.3, 0.4) is 0 Å². The number of rotatable bonds is 4. The smallest absolute Gasteiger partial charge is 0.134 e. The van der Waals surface area contributed by atoms with Gasteiger partial charge in [-0.1, -0.05) is 25.4 Å². The zero-order valence-electron chi connectivity index (χ0n) is 9.03. The molecule has 0 amide bonds. The quantitative estimate of drug-likeness (QED) is 0.594. The maximum atomic E-state index is 5.97. The van der Waals surface area contributed by atoms with Crippen molar-refractivity contribution in [3.63, 3.8) is 0 Å². The van der Waals surface area contributed by atoms with Crippen LogP contribution in [0.25, 0.3) is 0 Å². The number of aromatic nitrogens is 2. The molecule has 0 N–H and O–H groups in total. The molecule has 15 heavy (non-hydrogen) atoms. The van der Waals surface area contributed by atoms with Gasteiger partial charge in [-0.25, -0.2) is 9.97 Å². The third-order valence-electron chi connectivity index (χ3n) is 2.20. The summed E-state index contributed by atoms with van der Waals surface area (Å²) >= 11 is 7.74. The second-order valence-electron chi connectivity index (χ2n) is 4.37. The second-order valence-corrected chi connectivity index (χ2v) is 5.79. The van der Waals surface area contributed by atoms with Crippen molar-refractivity contribution < 1.29 is 0 Å². The number of hydrogen-bond donors (Lipinski definition) is 0. The summed E-state index contributed by atoms with van der Waals surface area (Å²) in [6, 6.07) is 1.86. The van der Waals surface area contributed by atoms with E-state index in [9.17, 15) is 0 Å². The van der Waals surface area contributed by atoms with E-state index in [2.05, 4.69) is 23.8 Å². The van der Waals surface area contributed by atoms with Gasteiger partial charge < -0.3 is 0 Å². The lowest BCUT2D eigenvalue weighted by molar-refractivity contribution is 0.748. The van der Waals surface area contributed by atoms with E-state index in [1.807, 2.05) is 6.07 Å². The Kier molecular flexibility index (Phi) is 3.52. The van der Waals surface area contributed by atoms with Crippen LogP contribution in [0.5, 0.6) is 0 Å². The van der Waals surface area contributed by atoms with E-state index in [0.717, 1.165) is 16.6 Å². The Morgan fingerprint density at radius 3 is 2.80 bits per heavy atom. The van der Waals surface area contributed by atoms with Gasteiger partial charge in [-0.05, 0) is 18.8 Å². The maximum absolute atomic E-state index is 5.97. The molecular formula is C11H15ClN2S. The monoisotopic (exact) mass is 242 g/mol. The molecule has 0 aliphatic heterocycles. The first-order chi connectivity index (χ1) is 7.15. The minimum absolute atomic E-state index is 0.571. The van der Waals surface area contributed by atoms with Crippen LogP contribution in [0, 0.1) is 5.92 Å². The van der Waals surface area contributed by atoms with Gasteiger partial charge in [0.2, 0.25) is 0 Å². The van der Waals surface area contributed by atoms with Crippen LogP contribution in [0.15, 0.2) is 11.1 Å². The average Bonchev–Trinajstić information content (AvgIpc) is 2.97. The molecule has 0 aromatic carbocycles. The van der Waals surface area contributed by atoms with Gasteiger partial charge in [0.1, 0.15) is 16.0 Å². The molecule has 1 aromatic rings. The molecule has 1 saturated carbocycles. The summed E-state index contributed by atoms with van der Waals surface area (Å²) in [6.07, 6.45) is 2.43. The molecule has 1 aliphatic carbocycles. The lowest BCUT2D eigenvalue weighted by atomic mass is 10.3. The molecule has 0 radical (unpaired) electrons. The average molecular weight is 243 g/mol. The fourth-order valence-corrected chi connectivity index (χ4v) is 2.38. The van der Waals surface area contributed by atoms with Crippen LogP contribution in [-0.4, -0.2) is 15.7 Å². The van der Waals surface area contributed by atoms with Gasteiger partial charge in [0, 0.05) is 17.7 Å². The number of thioether (sulfide) groups is 1. The highest BCUT2D eigenvalue weighted by Gasteiger charge is 2.27. The lowest BCUT2D eigenvalue weighted by Gasteiger charge is -2.05. The lowest BCUT2D eigenvalue weighted by Crippen LogP contribution is -1.97. The van der Waals surface area contributed by atoms with E-state index in [-0.39, 0.29) is 0 Å². The molecule has 0 spiro atoms. The van der Waals surface area contributed by atoms with Crippen molar-refractivity contribution in [2.75, 3.05) is 5.75 Å². The van der Waals surface area contributed by atoms with Crippen LogP contribution in [0.2, 0.25) is 5.15 Å². The highest BCUT2D eigenvalue weighted by molar-refractivity contribution is 7.99. The third kappa shape index (κ3) is 3.35. The van der Waals surface area contributed by atoms with E-state index in [0.29, 0.717) is 17.0 Å². The maximum Gasteiger partial charge on any atom is 0.134 e. The Morgan fingerprint density at radius 1 is 1.47 bits per heavy atom. The summed E-state index contributed by atoms with van der Waals surface area (Å²) in [7, 11) is 0. The van der Waals surface area contributed by atoms with Gasteiger partial charge in [-0.2, -0.15) is 0 Å². The van der Waals surface area contributed by atoms with E-state index in [1.54, 1.807) is 11.8 Å². The fourth-order valence-electron chi connectivity index (χ4n) is 1.26. The Labute approximate surface area is 99.8 Å². The van der Waals surface area contributed by atoms with E-state index < -0.39 is 0 Å². The third-order valence-corrected chi connectivity index (χ3v) is 3.73. The van der Waals surface area contributed by atoms with Gasteiger partial charge in [-0.15, -0.1) is 11.8 Å². The first-order valence-electron chi connectivity index (χ1n) is 5.32. The van der Waals surface area contributed by atoms with Crippen molar-refractivity contribution in [3.8, 4) is 0 Å². The highest BCUT2D eigenvalue weighted by Crippen LogP contribution is 2.39. The summed E-state index contributed by atoms with van der Waals surface area (Å²) in [5.74, 6) is 3.27. The summed E-state index contributed by atoms with van der Waals surface area (Å²) in [6.45, 7) is 4.41. The van der Waals surface area contributed by atoms with E-state index in [4.69, 9.17) is 11.6 Å². The van der Waals surface area contributed by atoms with Crippen LogP contribution < -0.4 is 0 Å². The second kappa shape index (κ2) is 4.71. The van der Waals surface area contributed by atoms with Crippen LogP contribution >= 0.6 is 23.4 Å². The normalized spacial score (nSPS) is 16.0.